The van der Waals surface area contributed by atoms with Gasteiger partial charge in [-0.2, -0.15) is 9.78 Å². The molecule has 3 heterocycles. The number of ether oxygens (including phenoxy) is 2. The molecule has 3 atom stereocenters. The first-order valence-corrected chi connectivity index (χ1v) is 8.36. The predicted octanol–water partition coefficient (Wildman–Crippen LogP) is 0.567. The highest BCUT2D eigenvalue weighted by atomic mass is 16.7. The molecule has 0 spiro atoms. The molecule has 1 aromatic carbocycles. The lowest BCUT2D eigenvalue weighted by Crippen LogP contribution is -2.38. The van der Waals surface area contributed by atoms with Crippen molar-refractivity contribution in [3.05, 3.63) is 56.4 Å². The predicted molar refractivity (Wildman–Crippen MR) is 92.9 cm³/mol. The van der Waals surface area contributed by atoms with Gasteiger partial charge >= 0.3 is 5.95 Å². The maximum absolute atomic E-state index is 12.3. The Labute approximate surface area is 161 Å². The topological polar surface area (TPSA) is 177 Å². The molecule has 0 saturated carbocycles. The number of nitrogens with one attached hydrogen (secondary N) is 1. The van der Waals surface area contributed by atoms with Crippen LogP contribution in [0.2, 0.25) is 0 Å². The molecule has 2 fully saturated rings. The number of carbonyl (C=O) groups is 1. The Morgan fingerprint density at radius 2 is 2.14 bits per heavy atom. The van der Waals surface area contributed by atoms with E-state index in [0.29, 0.717) is 5.71 Å². The van der Waals surface area contributed by atoms with Crippen molar-refractivity contribution in [1.82, 2.24) is 20.2 Å². The molecule has 2 aliphatic heterocycles. The normalized spacial score (nSPS) is 24.4. The monoisotopic (exact) mass is 403 g/mol. The molecular formula is C15H13N7O7. The van der Waals surface area contributed by atoms with Crippen molar-refractivity contribution in [2.24, 2.45) is 5.10 Å². The summed E-state index contributed by atoms with van der Waals surface area (Å²) in [6.45, 7) is 0.223. The minimum Gasteiger partial charge on any atom is -0.390 e. The second kappa shape index (κ2) is 7.33. The Morgan fingerprint density at radius 1 is 1.31 bits per heavy atom. The molecule has 14 heteroatoms. The van der Waals surface area contributed by atoms with E-state index in [4.69, 9.17) is 9.47 Å². The van der Waals surface area contributed by atoms with Gasteiger partial charge in [-0.15, -0.1) is 0 Å². The third-order valence-electron chi connectivity index (χ3n) is 4.45. The number of nitro groups is 2. The summed E-state index contributed by atoms with van der Waals surface area (Å²) in [5.41, 5.74) is 2.52. The van der Waals surface area contributed by atoms with Crippen molar-refractivity contribution < 1.29 is 24.1 Å². The van der Waals surface area contributed by atoms with E-state index in [2.05, 4.69) is 20.6 Å². The van der Waals surface area contributed by atoms with Crippen LogP contribution in [0, 0.1) is 20.2 Å². The van der Waals surface area contributed by atoms with Crippen LogP contribution in [0.1, 0.15) is 22.8 Å². The van der Waals surface area contributed by atoms with Crippen molar-refractivity contribution >= 4 is 23.3 Å². The number of carbonyl (C=O) groups excluding carboxylic acids is 1. The molecule has 1 aromatic heterocycles. The van der Waals surface area contributed by atoms with E-state index in [0.717, 1.165) is 6.07 Å². The van der Waals surface area contributed by atoms with E-state index in [1.54, 1.807) is 0 Å². The van der Waals surface area contributed by atoms with Gasteiger partial charge in [0.1, 0.15) is 12.1 Å². The van der Waals surface area contributed by atoms with E-state index in [1.165, 1.54) is 29.2 Å². The number of hydrazone groups is 1. The second-order valence-corrected chi connectivity index (χ2v) is 6.24. The molecule has 1 N–H and O–H groups in total. The maximum Gasteiger partial charge on any atom is 0.490 e. The lowest BCUT2D eigenvalue weighted by Gasteiger charge is -2.26. The van der Waals surface area contributed by atoms with Crippen molar-refractivity contribution in [2.45, 2.75) is 24.9 Å². The van der Waals surface area contributed by atoms with Gasteiger partial charge in [0.15, 0.2) is 6.29 Å². The molecule has 1 amide bonds. The highest BCUT2D eigenvalue weighted by molar-refractivity contribution is 5.96. The summed E-state index contributed by atoms with van der Waals surface area (Å²) in [6, 6.07) is 4.75. The van der Waals surface area contributed by atoms with E-state index in [9.17, 15) is 25.0 Å². The highest BCUT2D eigenvalue weighted by Gasteiger charge is 2.44. The number of amides is 1. The maximum atomic E-state index is 12.3. The average Bonchev–Trinajstić information content (AvgIpc) is 3.36. The van der Waals surface area contributed by atoms with Crippen molar-refractivity contribution in [2.75, 3.05) is 6.61 Å². The fraction of sp³-hybridized carbons (Fsp3) is 0.333. The summed E-state index contributed by atoms with van der Waals surface area (Å²) in [5, 5.41) is 29.5. The van der Waals surface area contributed by atoms with Crippen LogP contribution in [0.5, 0.6) is 0 Å². The minimum atomic E-state index is -0.764. The smallest absolute Gasteiger partial charge is 0.390 e. The molecule has 4 rings (SSSR count). The fourth-order valence-electron chi connectivity index (χ4n) is 3.06. The van der Waals surface area contributed by atoms with Crippen LogP contribution in [-0.2, 0) is 9.47 Å². The van der Waals surface area contributed by atoms with Gasteiger partial charge in [-0.3, -0.25) is 14.9 Å². The van der Waals surface area contributed by atoms with Gasteiger partial charge < -0.3 is 19.6 Å². The van der Waals surface area contributed by atoms with Crippen LogP contribution in [-0.4, -0.2) is 55.2 Å². The molecule has 2 aliphatic rings. The summed E-state index contributed by atoms with van der Waals surface area (Å²) in [7, 11) is 0. The van der Waals surface area contributed by atoms with Crippen molar-refractivity contribution in [1.29, 1.82) is 0 Å². The SMILES string of the molecule is O=C(N/N=C1\C[C@@H](n2cnc([N+](=O)[O-])n2)[C@H]2CO[C@@H]1O2)c1cccc([N+](=O)[O-])c1. The van der Waals surface area contributed by atoms with Crippen LogP contribution in [0.4, 0.5) is 11.6 Å². The van der Waals surface area contributed by atoms with Gasteiger partial charge in [-0.1, -0.05) is 11.1 Å². The molecule has 14 nitrogen and oxygen atoms in total. The molecule has 2 aromatic rings. The molecule has 2 bridgehead atoms. The Kier molecular flexibility index (Phi) is 4.69. The molecule has 150 valence electrons. The fourth-order valence-corrected chi connectivity index (χ4v) is 3.06. The Hall–Kier alpha value is -3.78. The highest BCUT2D eigenvalue weighted by Crippen LogP contribution is 2.33. The first kappa shape index (κ1) is 18.6. The number of aromatic nitrogens is 3. The zero-order valence-corrected chi connectivity index (χ0v) is 14.6. The molecule has 2 saturated heterocycles. The van der Waals surface area contributed by atoms with Crippen LogP contribution in [0.15, 0.2) is 35.7 Å². The number of benzene rings is 1. The number of hydrogen-bond acceptors (Lipinski definition) is 10. The number of rotatable bonds is 5. The van der Waals surface area contributed by atoms with E-state index in [1.807, 2.05) is 0 Å². The van der Waals surface area contributed by atoms with Gasteiger partial charge in [0.05, 0.1) is 17.2 Å². The zero-order valence-electron chi connectivity index (χ0n) is 14.6. The summed E-state index contributed by atoms with van der Waals surface area (Å²) < 4.78 is 12.5. The second-order valence-electron chi connectivity index (χ2n) is 6.24. The Bertz CT molecular complexity index is 1020. The first-order chi connectivity index (χ1) is 13.9. The third-order valence-corrected chi connectivity index (χ3v) is 4.45. The minimum absolute atomic E-state index is 0.0638. The molecule has 0 radical (unpaired) electrons. The standard InChI is InChI=1S/C15H13N7O7/c23-13(8-2-1-3-9(4-8)21(24)25)18-17-10-5-11(12-6-28-14(10)29-12)20-7-16-15(19-20)22(26)27/h1-4,7,11-12,14H,5-6H2,(H,18,23)/b17-10+/t11-,12-,14-/m1/s1. The van der Waals surface area contributed by atoms with Gasteiger partial charge in [0, 0.05) is 29.2 Å². The van der Waals surface area contributed by atoms with Crippen molar-refractivity contribution in [3.63, 3.8) is 0 Å². The number of nitro benzene ring substituents is 1. The summed E-state index contributed by atoms with van der Waals surface area (Å²) in [5.74, 6) is -1.18. The quantitative estimate of drug-likeness (QED) is 0.552. The van der Waals surface area contributed by atoms with Gasteiger partial charge in [-0.25, -0.2) is 5.43 Å². The van der Waals surface area contributed by atoms with Gasteiger partial charge in [0.25, 0.3) is 11.6 Å². The Balaban J connectivity index is 1.51. The lowest BCUT2D eigenvalue weighted by atomic mass is 10.0. The van der Waals surface area contributed by atoms with E-state index in [-0.39, 0.29) is 24.3 Å². The van der Waals surface area contributed by atoms with Crippen LogP contribution >= 0.6 is 0 Å². The molecule has 0 unspecified atom stereocenters. The van der Waals surface area contributed by atoms with Crippen molar-refractivity contribution in [3.8, 4) is 0 Å². The zero-order chi connectivity index (χ0) is 20.5. The third kappa shape index (κ3) is 3.65. The molecule has 0 aliphatic carbocycles. The number of non-ortho nitro benzene ring substituents is 1. The summed E-state index contributed by atoms with van der Waals surface area (Å²) in [6.07, 6.45) is 0.322. The number of nitrogens with zero attached hydrogens (tertiary/aromatic N) is 6. The van der Waals surface area contributed by atoms with Gasteiger partial charge in [-0.05, 0) is 11.0 Å². The number of hydrogen-bond donors (Lipinski definition) is 1. The van der Waals surface area contributed by atoms with Crippen LogP contribution in [0.3, 0.4) is 0 Å². The summed E-state index contributed by atoms with van der Waals surface area (Å²) in [4.78, 5) is 36.2. The van der Waals surface area contributed by atoms with E-state index < -0.39 is 40.1 Å². The lowest BCUT2D eigenvalue weighted by molar-refractivity contribution is -0.394. The largest absolute Gasteiger partial charge is 0.490 e. The first-order valence-electron chi connectivity index (χ1n) is 8.36. The average molecular weight is 403 g/mol. The van der Waals surface area contributed by atoms with Crippen LogP contribution < -0.4 is 5.43 Å². The Morgan fingerprint density at radius 3 is 2.86 bits per heavy atom. The summed E-state index contributed by atoms with van der Waals surface area (Å²) >= 11 is 0. The van der Waals surface area contributed by atoms with Gasteiger partial charge in [0.2, 0.25) is 6.33 Å². The molecule has 29 heavy (non-hydrogen) atoms. The number of fused-ring (bicyclic) bond motifs is 2. The van der Waals surface area contributed by atoms with Crippen LogP contribution in [0.25, 0.3) is 0 Å². The molecular weight excluding hydrogens is 390 g/mol. The van der Waals surface area contributed by atoms with E-state index >= 15 is 0 Å².